The third kappa shape index (κ3) is 6.43. The maximum absolute atomic E-state index is 12.9. The van der Waals surface area contributed by atoms with Crippen molar-refractivity contribution in [3.63, 3.8) is 0 Å². The van der Waals surface area contributed by atoms with Gasteiger partial charge in [-0.05, 0) is 87.2 Å². The molecule has 0 bridgehead atoms. The molecule has 3 aromatic rings. The lowest BCUT2D eigenvalue weighted by Gasteiger charge is -2.29. The molecular formula is C29H36ClN3O3. The molecule has 0 saturated carbocycles. The zero-order valence-corrected chi connectivity index (χ0v) is 22.6. The SMILES string of the molecule is CC(=O)[C@@H](OC(C)(C)C)c1c(C)cc2nc(NCCN3CCOCC3)ccc2c1-c1ccc(Cl)cc1. The first-order valence-corrected chi connectivity index (χ1v) is 12.9. The summed E-state index contributed by atoms with van der Waals surface area (Å²) in [7, 11) is 0. The summed E-state index contributed by atoms with van der Waals surface area (Å²) in [6, 6.07) is 13.9. The number of ketones is 1. The number of fused-ring (bicyclic) bond motifs is 1. The van der Waals surface area contributed by atoms with Crippen LogP contribution < -0.4 is 5.32 Å². The van der Waals surface area contributed by atoms with Gasteiger partial charge in [-0.1, -0.05) is 23.7 Å². The lowest BCUT2D eigenvalue weighted by molar-refractivity contribution is -0.138. The van der Waals surface area contributed by atoms with E-state index in [2.05, 4.69) is 22.3 Å². The third-order valence-corrected chi connectivity index (χ3v) is 6.57. The van der Waals surface area contributed by atoms with E-state index < -0.39 is 11.7 Å². The second kappa shape index (κ2) is 11.3. The average molecular weight is 510 g/mol. The number of carbonyl (C=O) groups is 1. The highest BCUT2D eigenvalue weighted by Crippen LogP contribution is 2.40. The van der Waals surface area contributed by atoms with Gasteiger partial charge in [-0.2, -0.15) is 0 Å². The Labute approximate surface area is 218 Å². The van der Waals surface area contributed by atoms with E-state index in [9.17, 15) is 4.79 Å². The Morgan fingerprint density at radius 2 is 1.86 bits per heavy atom. The Hall–Kier alpha value is -2.51. The molecule has 1 atom stereocenters. The van der Waals surface area contributed by atoms with Crippen molar-refractivity contribution < 1.29 is 14.3 Å². The van der Waals surface area contributed by atoms with E-state index in [-0.39, 0.29) is 5.78 Å². The Morgan fingerprint density at radius 3 is 2.50 bits per heavy atom. The average Bonchev–Trinajstić information content (AvgIpc) is 2.82. The second-order valence-corrected chi connectivity index (χ2v) is 10.8. The number of rotatable bonds is 8. The van der Waals surface area contributed by atoms with Crippen molar-refractivity contribution in [1.29, 1.82) is 0 Å². The fourth-order valence-electron chi connectivity index (χ4n) is 4.65. The number of aryl methyl sites for hydroxylation is 1. The van der Waals surface area contributed by atoms with Crippen molar-refractivity contribution in [3.8, 4) is 11.1 Å². The van der Waals surface area contributed by atoms with Gasteiger partial charge in [-0.15, -0.1) is 0 Å². The van der Waals surface area contributed by atoms with Crippen LogP contribution in [0.1, 0.15) is 44.9 Å². The number of nitrogens with zero attached hydrogens (tertiary/aromatic N) is 2. The van der Waals surface area contributed by atoms with Gasteiger partial charge in [-0.3, -0.25) is 9.69 Å². The van der Waals surface area contributed by atoms with Crippen LogP contribution in [0.3, 0.4) is 0 Å². The molecule has 0 spiro atoms. The van der Waals surface area contributed by atoms with Gasteiger partial charge in [0.2, 0.25) is 0 Å². The molecule has 7 heteroatoms. The minimum atomic E-state index is -0.689. The number of hydrogen-bond acceptors (Lipinski definition) is 6. The van der Waals surface area contributed by atoms with E-state index in [0.717, 1.165) is 78.4 Å². The van der Waals surface area contributed by atoms with Crippen LogP contribution in [0.15, 0.2) is 42.5 Å². The number of carbonyl (C=O) groups excluding carboxylic acids is 1. The van der Waals surface area contributed by atoms with Gasteiger partial charge in [0.1, 0.15) is 11.9 Å². The molecule has 1 N–H and O–H groups in total. The predicted octanol–water partition coefficient (Wildman–Crippen LogP) is 6.05. The van der Waals surface area contributed by atoms with Crippen LogP contribution >= 0.6 is 11.6 Å². The third-order valence-electron chi connectivity index (χ3n) is 6.32. The summed E-state index contributed by atoms with van der Waals surface area (Å²) in [5, 5.41) is 5.10. The van der Waals surface area contributed by atoms with Crippen molar-refractivity contribution in [2.45, 2.75) is 46.3 Å². The molecule has 0 amide bonds. The highest BCUT2D eigenvalue weighted by molar-refractivity contribution is 6.30. The quantitative estimate of drug-likeness (QED) is 0.398. The minimum Gasteiger partial charge on any atom is -0.379 e. The van der Waals surface area contributed by atoms with Crippen molar-refractivity contribution in [2.24, 2.45) is 0 Å². The fraction of sp³-hybridized carbons (Fsp3) is 0.448. The van der Waals surface area contributed by atoms with Gasteiger partial charge < -0.3 is 14.8 Å². The highest BCUT2D eigenvalue weighted by Gasteiger charge is 2.29. The maximum Gasteiger partial charge on any atom is 0.163 e. The number of morpholine rings is 1. The molecule has 1 saturated heterocycles. The molecule has 2 heterocycles. The van der Waals surface area contributed by atoms with Gasteiger partial charge in [0.25, 0.3) is 0 Å². The molecule has 6 nitrogen and oxygen atoms in total. The van der Waals surface area contributed by atoms with E-state index >= 15 is 0 Å². The zero-order valence-electron chi connectivity index (χ0n) is 21.9. The van der Waals surface area contributed by atoms with E-state index in [1.165, 1.54) is 0 Å². The summed E-state index contributed by atoms with van der Waals surface area (Å²) in [6.45, 7) is 14.8. The second-order valence-electron chi connectivity index (χ2n) is 10.4. The molecule has 0 aliphatic carbocycles. The number of Topliss-reactive ketones (excluding diaryl/α,β-unsaturated/α-hetero) is 1. The number of halogens is 1. The largest absolute Gasteiger partial charge is 0.379 e. The van der Waals surface area contributed by atoms with Crippen LogP contribution in [0.25, 0.3) is 22.0 Å². The molecule has 1 fully saturated rings. The zero-order chi connectivity index (χ0) is 25.9. The first-order chi connectivity index (χ1) is 17.1. The van der Waals surface area contributed by atoms with Crippen LogP contribution in [0.2, 0.25) is 5.02 Å². The molecule has 2 aromatic carbocycles. The molecule has 4 rings (SSSR count). The van der Waals surface area contributed by atoms with E-state index in [4.69, 9.17) is 26.1 Å². The van der Waals surface area contributed by atoms with Gasteiger partial charge in [0.15, 0.2) is 5.78 Å². The van der Waals surface area contributed by atoms with Gasteiger partial charge in [0, 0.05) is 36.6 Å². The van der Waals surface area contributed by atoms with Gasteiger partial charge in [-0.25, -0.2) is 4.98 Å². The molecule has 36 heavy (non-hydrogen) atoms. The number of benzene rings is 2. The van der Waals surface area contributed by atoms with Crippen LogP contribution in [0, 0.1) is 6.92 Å². The Morgan fingerprint density at radius 1 is 1.17 bits per heavy atom. The van der Waals surface area contributed by atoms with Crippen molar-refractivity contribution in [1.82, 2.24) is 9.88 Å². The van der Waals surface area contributed by atoms with E-state index in [1.54, 1.807) is 6.92 Å². The fourth-order valence-corrected chi connectivity index (χ4v) is 4.78. The predicted molar refractivity (Wildman–Crippen MR) is 147 cm³/mol. The van der Waals surface area contributed by atoms with E-state index in [0.29, 0.717) is 5.02 Å². The number of pyridine rings is 1. The monoisotopic (exact) mass is 509 g/mol. The summed E-state index contributed by atoms with van der Waals surface area (Å²) < 4.78 is 11.7. The molecule has 1 aliphatic rings. The Kier molecular flexibility index (Phi) is 8.30. The number of anilines is 1. The maximum atomic E-state index is 12.9. The van der Waals surface area contributed by atoms with Crippen LogP contribution in [0.4, 0.5) is 5.82 Å². The lowest BCUT2D eigenvalue weighted by atomic mass is 9.87. The summed E-state index contributed by atoms with van der Waals surface area (Å²) in [6.07, 6.45) is -0.689. The van der Waals surface area contributed by atoms with Crippen molar-refractivity contribution >= 4 is 34.1 Å². The minimum absolute atomic E-state index is 0.0306. The lowest BCUT2D eigenvalue weighted by Crippen LogP contribution is -2.39. The van der Waals surface area contributed by atoms with Gasteiger partial charge in [0.05, 0.1) is 24.3 Å². The number of hydrogen-bond donors (Lipinski definition) is 1. The molecular weight excluding hydrogens is 474 g/mol. The van der Waals surface area contributed by atoms with Crippen molar-refractivity contribution in [2.75, 3.05) is 44.7 Å². The highest BCUT2D eigenvalue weighted by atomic mass is 35.5. The molecule has 0 unspecified atom stereocenters. The smallest absolute Gasteiger partial charge is 0.163 e. The van der Waals surface area contributed by atoms with E-state index in [1.807, 2.05) is 58.0 Å². The molecule has 1 aromatic heterocycles. The summed E-state index contributed by atoms with van der Waals surface area (Å²) in [5.74, 6) is 0.802. The topological polar surface area (TPSA) is 63.7 Å². The number of ether oxygens (including phenoxy) is 2. The van der Waals surface area contributed by atoms with Crippen LogP contribution in [-0.4, -0.2) is 60.7 Å². The summed E-state index contributed by atoms with van der Waals surface area (Å²) in [4.78, 5) is 20.2. The normalized spacial score (nSPS) is 15.7. The Balaban J connectivity index is 1.75. The number of nitrogens with one attached hydrogen (secondary N) is 1. The molecule has 0 radical (unpaired) electrons. The summed E-state index contributed by atoms with van der Waals surface area (Å²) >= 11 is 6.20. The van der Waals surface area contributed by atoms with Crippen LogP contribution in [0.5, 0.6) is 0 Å². The van der Waals surface area contributed by atoms with Crippen LogP contribution in [-0.2, 0) is 14.3 Å². The Bertz CT molecular complexity index is 1220. The number of aromatic nitrogens is 1. The standard InChI is InChI=1S/C29H36ClN3O3/c1-19-18-24-23(10-11-25(32-24)31-12-13-33-14-16-35-17-15-33)27(21-6-8-22(30)9-7-21)26(19)28(20(2)34)36-29(3,4)5/h6-11,18,28H,12-17H2,1-5H3,(H,31,32)/t28-/m1/s1. The molecule has 1 aliphatic heterocycles. The van der Waals surface area contributed by atoms with Crippen molar-refractivity contribution in [3.05, 3.63) is 58.6 Å². The summed E-state index contributed by atoms with van der Waals surface area (Å²) in [5.41, 5.74) is 4.16. The van der Waals surface area contributed by atoms with Gasteiger partial charge >= 0.3 is 0 Å². The first-order valence-electron chi connectivity index (χ1n) is 12.5. The molecule has 192 valence electrons. The first kappa shape index (κ1) is 26.6.